The van der Waals surface area contributed by atoms with E-state index in [1.165, 1.54) is 24.6 Å². The molecule has 2 aliphatic rings. The van der Waals surface area contributed by atoms with Crippen molar-refractivity contribution >= 4 is 35.3 Å². The number of hydrogen-bond acceptors (Lipinski definition) is 3. The molecule has 8 heteroatoms. The summed E-state index contributed by atoms with van der Waals surface area (Å²) in [5, 5.41) is 3.87. The number of aromatic nitrogens is 1. The number of H-pyrrole nitrogens is 1. The van der Waals surface area contributed by atoms with Crippen molar-refractivity contribution < 1.29 is 18.3 Å². The van der Waals surface area contributed by atoms with Crippen molar-refractivity contribution in [2.45, 2.75) is 44.7 Å². The summed E-state index contributed by atoms with van der Waals surface area (Å²) in [6.45, 7) is 1.44. The van der Waals surface area contributed by atoms with Crippen molar-refractivity contribution in [1.29, 1.82) is 0 Å². The third-order valence-electron chi connectivity index (χ3n) is 7.82. The summed E-state index contributed by atoms with van der Waals surface area (Å²) in [7, 11) is 0. The predicted octanol–water partition coefficient (Wildman–Crippen LogP) is 7.02. The number of benzene rings is 3. The fourth-order valence-corrected chi connectivity index (χ4v) is 5.51. The standard InChI is InChI=1S/C32H31F2N3O2.ClH/c33-23-11-14-30-27(16-23)22(19-35-30)8-5-15-37(24-9-4-10-24)25-17-28-26(12-13-29(34)31(28)39-20-25)32(38)36-18-21-6-2-1-3-7-21;/h1-3,6-7,11-14,16-17,19,24,35H,4-5,8-10,15,18,20H2,(H,36,38);1H. The van der Waals surface area contributed by atoms with Crippen LogP contribution in [0.2, 0.25) is 0 Å². The zero-order chi connectivity index (χ0) is 26.8. The summed E-state index contributed by atoms with van der Waals surface area (Å²) < 4.78 is 34.5. The van der Waals surface area contributed by atoms with E-state index in [9.17, 15) is 13.6 Å². The molecule has 3 aromatic carbocycles. The number of aryl methyl sites for hydroxylation is 1. The first-order valence-corrected chi connectivity index (χ1v) is 13.6. The van der Waals surface area contributed by atoms with Gasteiger partial charge in [-0.15, -0.1) is 12.4 Å². The lowest BCUT2D eigenvalue weighted by molar-refractivity contribution is 0.0949. The molecular formula is C32H32ClF2N3O2. The molecule has 1 aromatic heterocycles. The molecule has 1 saturated carbocycles. The van der Waals surface area contributed by atoms with Crippen LogP contribution in [-0.2, 0) is 13.0 Å². The molecule has 0 atom stereocenters. The number of halogens is 3. The zero-order valence-electron chi connectivity index (χ0n) is 22.1. The molecule has 4 aromatic rings. The topological polar surface area (TPSA) is 57.4 Å². The Kier molecular flexibility index (Phi) is 8.40. The maximum absolute atomic E-state index is 14.7. The number of aromatic amines is 1. The Labute approximate surface area is 238 Å². The minimum atomic E-state index is -0.471. The fourth-order valence-electron chi connectivity index (χ4n) is 5.51. The van der Waals surface area contributed by atoms with Gasteiger partial charge in [-0.2, -0.15) is 0 Å². The Morgan fingerprint density at radius 1 is 1.07 bits per heavy atom. The minimum absolute atomic E-state index is 0. The molecule has 1 fully saturated rings. The lowest BCUT2D eigenvalue weighted by Gasteiger charge is -2.41. The third-order valence-corrected chi connectivity index (χ3v) is 7.82. The Morgan fingerprint density at radius 2 is 1.90 bits per heavy atom. The van der Waals surface area contributed by atoms with Gasteiger partial charge in [-0.05, 0) is 79.6 Å². The molecule has 0 saturated heterocycles. The van der Waals surface area contributed by atoms with Gasteiger partial charge in [0.15, 0.2) is 11.6 Å². The number of amides is 1. The highest BCUT2D eigenvalue weighted by molar-refractivity contribution is 5.99. The first-order chi connectivity index (χ1) is 19.1. The Hall–Kier alpha value is -3.84. The van der Waals surface area contributed by atoms with Crippen LogP contribution >= 0.6 is 12.4 Å². The molecule has 1 amide bonds. The van der Waals surface area contributed by atoms with Crippen molar-refractivity contribution in [1.82, 2.24) is 15.2 Å². The minimum Gasteiger partial charge on any atom is -0.484 e. The van der Waals surface area contributed by atoms with Gasteiger partial charge in [-0.25, -0.2) is 8.78 Å². The molecule has 0 bridgehead atoms. The van der Waals surface area contributed by atoms with Crippen LogP contribution in [0.1, 0.15) is 52.7 Å². The molecule has 0 spiro atoms. The van der Waals surface area contributed by atoms with Gasteiger partial charge >= 0.3 is 0 Å². The molecule has 2 N–H and O–H groups in total. The molecule has 1 aliphatic carbocycles. The monoisotopic (exact) mass is 563 g/mol. The van der Waals surface area contributed by atoms with Crippen LogP contribution in [0, 0.1) is 11.6 Å². The number of carbonyl (C=O) groups is 1. The zero-order valence-corrected chi connectivity index (χ0v) is 22.9. The summed E-state index contributed by atoms with van der Waals surface area (Å²) in [6.07, 6.45) is 8.93. The molecule has 1 aliphatic heterocycles. The van der Waals surface area contributed by atoms with Gasteiger partial charge in [0.2, 0.25) is 0 Å². The van der Waals surface area contributed by atoms with E-state index in [4.69, 9.17) is 4.74 Å². The Bertz CT molecular complexity index is 1530. The molecule has 0 unspecified atom stereocenters. The van der Waals surface area contributed by atoms with Gasteiger partial charge in [-0.3, -0.25) is 4.79 Å². The molecular weight excluding hydrogens is 532 g/mol. The van der Waals surface area contributed by atoms with Crippen molar-refractivity contribution in [2.24, 2.45) is 0 Å². The van der Waals surface area contributed by atoms with Crippen molar-refractivity contribution in [3.8, 4) is 5.75 Å². The first-order valence-electron chi connectivity index (χ1n) is 13.6. The maximum Gasteiger partial charge on any atom is 0.252 e. The number of rotatable bonds is 9. The van der Waals surface area contributed by atoms with Crippen LogP contribution in [-0.4, -0.2) is 35.0 Å². The fraction of sp³-hybridized carbons (Fsp3) is 0.281. The highest BCUT2D eigenvalue weighted by Gasteiger charge is 2.30. The van der Waals surface area contributed by atoms with Crippen molar-refractivity contribution in [3.63, 3.8) is 0 Å². The summed E-state index contributed by atoms with van der Waals surface area (Å²) in [5.74, 6) is -0.849. The lowest BCUT2D eigenvalue weighted by Crippen LogP contribution is -2.42. The second-order valence-corrected chi connectivity index (χ2v) is 10.3. The molecule has 2 heterocycles. The number of ether oxygens (including phenoxy) is 1. The average Bonchev–Trinajstić information content (AvgIpc) is 3.32. The van der Waals surface area contributed by atoms with Crippen LogP contribution < -0.4 is 10.1 Å². The maximum atomic E-state index is 14.7. The van der Waals surface area contributed by atoms with Crippen LogP contribution in [0.4, 0.5) is 8.78 Å². The first kappa shape index (κ1) is 27.7. The van der Waals surface area contributed by atoms with Gasteiger partial charge in [0.25, 0.3) is 5.91 Å². The summed E-state index contributed by atoms with van der Waals surface area (Å²) in [5.41, 5.74) is 4.86. The Balaban J connectivity index is 0.00000323. The highest BCUT2D eigenvalue weighted by atomic mass is 35.5. The van der Waals surface area contributed by atoms with E-state index in [1.54, 1.807) is 12.1 Å². The number of hydrogen-bond donors (Lipinski definition) is 2. The van der Waals surface area contributed by atoms with Gasteiger partial charge in [-0.1, -0.05) is 30.3 Å². The van der Waals surface area contributed by atoms with Gasteiger partial charge in [0.1, 0.15) is 12.4 Å². The predicted molar refractivity (Wildman–Crippen MR) is 156 cm³/mol. The van der Waals surface area contributed by atoms with Crippen LogP contribution in [0.5, 0.6) is 5.75 Å². The Morgan fingerprint density at radius 3 is 2.67 bits per heavy atom. The number of fused-ring (bicyclic) bond motifs is 2. The van der Waals surface area contributed by atoms with E-state index >= 15 is 0 Å². The number of carbonyl (C=O) groups excluding carboxylic acids is 1. The van der Waals surface area contributed by atoms with Gasteiger partial charge < -0.3 is 19.9 Å². The summed E-state index contributed by atoms with van der Waals surface area (Å²) in [6, 6.07) is 17.7. The van der Waals surface area contributed by atoms with Crippen LogP contribution in [0.3, 0.4) is 0 Å². The normalized spacial score (nSPS) is 14.4. The second-order valence-electron chi connectivity index (χ2n) is 10.3. The highest BCUT2D eigenvalue weighted by Crippen LogP contribution is 2.36. The molecule has 208 valence electrons. The van der Waals surface area contributed by atoms with E-state index in [0.29, 0.717) is 23.7 Å². The van der Waals surface area contributed by atoms with Gasteiger partial charge in [0, 0.05) is 41.8 Å². The molecule has 0 radical (unpaired) electrons. The SMILES string of the molecule is Cl.O=C(NCc1ccccc1)c1ccc(F)c2c1C=C(N(CCCc1c[nH]c3ccc(F)cc13)C1CCC1)CO2. The van der Waals surface area contributed by atoms with Crippen molar-refractivity contribution in [2.75, 3.05) is 13.2 Å². The molecule has 6 rings (SSSR count). The third kappa shape index (κ3) is 5.70. The summed E-state index contributed by atoms with van der Waals surface area (Å²) in [4.78, 5) is 18.7. The van der Waals surface area contributed by atoms with E-state index < -0.39 is 5.82 Å². The van der Waals surface area contributed by atoms with E-state index in [0.717, 1.165) is 60.0 Å². The number of nitrogens with one attached hydrogen (secondary N) is 2. The van der Waals surface area contributed by atoms with E-state index in [-0.39, 0.29) is 36.5 Å². The van der Waals surface area contributed by atoms with Gasteiger partial charge in [0.05, 0.1) is 11.3 Å². The van der Waals surface area contributed by atoms with Crippen molar-refractivity contribution in [3.05, 3.63) is 106 Å². The number of nitrogens with zero attached hydrogens (tertiary/aromatic N) is 1. The largest absolute Gasteiger partial charge is 0.484 e. The van der Waals surface area contributed by atoms with Crippen LogP contribution in [0.25, 0.3) is 17.0 Å². The van der Waals surface area contributed by atoms with E-state index in [1.807, 2.05) is 42.6 Å². The lowest BCUT2D eigenvalue weighted by atomic mass is 9.90. The summed E-state index contributed by atoms with van der Waals surface area (Å²) >= 11 is 0. The molecule has 5 nitrogen and oxygen atoms in total. The van der Waals surface area contributed by atoms with E-state index in [2.05, 4.69) is 15.2 Å². The smallest absolute Gasteiger partial charge is 0.252 e. The quantitative estimate of drug-likeness (QED) is 0.230. The average molecular weight is 564 g/mol. The second kappa shape index (κ2) is 12.1. The molecule has 40 heavy (non-hydrogen) atoms. The van der Waals surface area contributed by atoms with Crippen LogP contribution in [0.15, 0.2) is 72.6 Å².